The van der Waals surface area contributed by atoms with E-state index in [1.165, 1.54) is 11.3 Å². The molecular formula is C13H23ClN2O2. The highest BCUT2D eigenvalue weighted by Crippen LogP contribution is 2.38. The van der Waals surface area contributed by atoms with Crippen molar-refractivity contribution in [2.75, 3.05) is 19.8 Å². The Morgan fingerprint density at radius 3 is 2.56 bits per heavy atom. The maximum Gasteiger partial charge on any atom is 0.411 e. The van der Waals surface area contributed by atoms with Crippen LogP contribution in [0.3, 0.4) is 0 Å². The van der Waals surface area contributed by atoms with E-state index in [1.807, 2.05) is 0 Å². The lowest BCUT2D eigenvalue weighted by Crippen LogP contribution is -3.11. The van der Waals surface area contributed by atoms with Crippen molar-refractivity contribution >= 4 is 6.09 Å². The third kappa shape index (κ3) is 3.62. The first-order chi connectivity index (χ1) is 8.22. The van der Waals surface area contributed by atoms with Gasteiger partial charge in [-0.15, -0.1) is 0 Å². The molecule has 1 amide bonds. The summed E-state index contributed by atoms with van der Waals surface area (Å²) in [6, 6.07) is 0.296. The second kappa shape index (κ2) is 7.00. The van der Waals surface area contributed by atoms with Crippen LogP contribution in [0.25, 0.3) is 0 Å². The molecule has 3 atom stereocenters. The molecule has 2 bridgehead atoms. The van der Waals surface area contributed by atoms with Crippen LogP contribution >= 0.6 is 0 Å². The number of rotatable bonds is 5. The fraction of sp³-hybridized carbons (Fsp3) is 0.769. The van der Waals surface area contributed by atoms with Crippen LogP contribution in [0.15, 0.2) is 12.2 Å². The zero-order chi connectivity index (χ0) is 12.3. The van der Waals surface area contributed by atoms with Gasteiger partial charge in [-0.2, -0.15) is 0 Å². The summed E-state index contributed by atoms with van der Waals surface area (Å²) in [6.07, 6.45) is 6.53. The number of carbonyl (C=O) groups excluding carboxylic acids is 1. The number of fused-ring (bicyclic) bond motifs is 2. The number of hydrogen-bond donors (Lipinski definition) is 2. The van der Waals surface area contributed by atoms with Gasteiger partial charge in [0.25, 0.3) is 0 Å². The molecular weight excluding hydrogens is 252 g/mol. The zero-order valence-corrected chi connectivity index (χ0v) is 11.9. The smallest absolute Gasteiger partial charge is 0.411 e. The first kappa shape index (κ1) is 15.3. The molecule has 0 heterocycles. The number of hydrogen-bond acceptors (Lipinski definition) is 2. The SMILES string of the molecule is CC[NH+](CC)COC(=O)NC1CC2C=CC1C2.[Cl-]. The van der Waals surface area contributed by atoms with Gasteiger partial charge in [0.2, 0.25) is 6.73 Å². The molecule has 18 heavy (non-hydrogen) atoms. The monoisotopic (exact) mass is 274 g/mol. The fourth-order valence-corrected chi connectivity index (χ4v) is 2.76. The van der Waals surface area contributed by atoms with Crippen LogP contribution in [0.1, 0.15) is 26.7 Å². The van der Waals surface area contributed by atoms with E-state index >= 15 is 0 Å². The fourth-order valence-electron chi connectivity index (χ4n) is 2.76. The molecule has 2 N–H and O–H groups in total. The maximum atomic E-state index is 11.6. The Kier molecular flexibility index (Phi) is 5.96. The van der Waals surface area contributed by atoms with E-state index in [-0.39, 0.29) is 18.5 Å². The Balaban J connectivity index is 0.00000162. The molecule has 0 aromatic rings. The molecule has 0 saturated heterocycles. The Hall–Kier alpha value is -0.740. The van der Waals surface area contributed by atoms with Crippen molar-refractivity contribution in [3.05, 3.63) is 12.2 Å². The van der Waals surface area contributed by atoms with Crippen molar-refractivity contribution in [3.63, 3.8) is 0 Å². The number of ether oxygens (including phenoxy) is 1. The lowest BCUT2D eigenvalue weighted by molar-refractivity contribution is -0.913. The average Bonchev–Trinajstić information content (AvgIpc) is 2.92. The third-order valence-electron chi connectivity index (χ3n) is 3.99. The predicted molar refractivity (Wildman–Crippen MR) is 65.7 cm³/mol. The summed E-state index contributed by atoms with van der Waals surface area (Å²) in [6.45, 7) is 6.64. The van der Waals surface area contributed by atoms with Crippen molar-refractivity contribution in [1.82, 2.24) is 5.32 Å². The van der Waals surface area contributed by atoms with Crippen LogP contribution in [0.4, 0.5) is 4.79 Å². The summed E-state index contributed by atoms with van der Waals surface area (Å²) in [5, 5.41) is 2.99. The molecule has 0 aromatic carbocycles. The summed E-state index contributed by atoms with van der Waals surface area (Å²) in [7, 11) is 0. The minimum absolute atomic E-state index is 0. The van der Waals surface area contributed by atoms with E-state index in [4.69, 9.17) is 4.74 Å². The molecule has 5 heteroatoms. The molecule has 2 rings (SSSR count). The Morgan fingerprint density at radius 2 is 2.06 bits per heavy atom. The number of quaternary nitrogens is 1. The molecule has 4 nitrogen and oxygen atoms in total. The molecule has 3 unspecified atom stereocenters. The van der Waals surface area contributed by atoms with Gasteiger partial charge in [0.1, 0.15) is 0 Å². The highest BCUT2D eigenvalue weighted by molar-refractivity contribution is 5.67. The summed E-state index contributed by atoms with van der Waals surface area (Å²) in [5.74, 6) is 1.21. The Morgan fingerprint density at radius 1 is 1.33 bits per heavy atom. The molecule has 1 saturated carbocycles. The van der Waals surface area contributed by atoms with E-state index in [0.29, 0.717) is 24.6 Å². The lowest BCUT2D eigenvalue weighted by Gasteiger charge is -2.20. The molecule has 0 aliphatic heterocycles. The van der Waals surface area contributed by atoms with Crippen molar-refractivity contribution in [2.24, 2.45) is 11.8 Å². The molecule has 0 aromatic heterocycles. The summed E-state index contributed by atoms with van der Waals surface area (Å²) in [5.41, 5.74) is 0. The van der Waals surface area contributed by atoms with E-state index < -0.39 is 0 Å². The predicted octanol–water partition coefficient (Wildman–Crippen LogP) is -2.44. The summed E-state index contributed by atoms with van der Waals surface area (Å²) >= 11 is 0. The van der Waals surface area contributed by atoms with E-state index in [1.54, 1.807) is 0 Å². The second-order valence-electron chi connectivity index (χ2n) is 5.06. The lowest BCUT2D eigenvalue weighted by atomic mass is 10.0. The van der Waals surface area contributed by atoms with Crippen molar-refractivity contribution < 1.29 is 26.8 Å². The largest absolute Gasteiger partial charge is 1.00 e. The first-order valence-corrected chi connectivity index (χ1v) is 6.68. The minimum atomic E-state index is -0.254. The van der Waals surface area contributed by atoms with Crippen molar-refractivity contribution in [1.29, 1.82) is 0 Å². The topological polar surface area (TPSA) is 42.8 Å². The van der Waals surface area contributed by atoms with Gasteiger partial charge in [0, 0.05) is 6.04 Å². The summed E-state index contributed by atoms with van der Waals surface area (Å²) in [4.78, 5) is 12.9. The zero-order valence-electron chi connectivity index (χ0n) is 11.1. The molecule has 0 radical (unpaired) electrons. The number of carbonyl (C=O) groups is 1. The van der Waals surface area contributed by atoms with Gasteiger partial charge in [0.15, 0.2) is 0 Å². The normalized spacial score (nSPS) is 28.3. The third-order valence-corrected chi connectivity index (χ3v) is 3.99. The summed E-state index contributed by atoms with van der Waals surface area (Å²) < 4.78 is 5.24. The molecule has 2 aliphatic rings. The van der Waals surface area contributed by atoms with Gasteiger partial charge in [-0.05, 0) is 38.5 Å². The van der Waals surface area contributed by atoms with Gasteiger partial charge in [-0.1, -0.05) is 12.2 Å². The standard InChI is InChI=1S/C13H22N2O2.ClH/c1-3-15(4-2)9-17-13(16)14-12-8-10-5-6-11(12)7-10;/h5-6,10-12H,3-4,7-9H2,1-2H3,(H,14,16);1H. The van der Waals surface area contributed by atoms with Gasteiger partial charge in [-0.25, -0.2) is 4.79 Å². The first-order valence-electron chi connectivity index (χ1n) is 6.68. The highest BCUT2D eigenvalue weighted by Gasteiger charge is 2.36. The molecule has 2 aliphatic carbocycles. The van der Waals surface area contributed by atoms with Gasteiger partial charge in [0.05, 0.1) is 13.1 Å². The maximum absolute atomic E-state index is 11.6. The van der Waals surface area contributed by atoms with E-state index in [2.05, 4.69) is 31.3 Å². The number of nitrogens with one attached hydrogen (secondary N) is 2. The van der Waals surface area contributed by atoms with Crippen molar-refractivity contribution in [2.45, 2.75) is 32.7 Å². The highest BCUT2D eigenvalue weighted by atomic mass is 35.5. The van der Waals surface area contributed by atoms with Crippen LogP contribution in [0.2, 0.25) is 0 Å². The van der Waals surface area contributed by atoms with Crippen molar-refractivity contribution in [3.8, 4) is 0 Å². The van der Waals surface area contributed by atoms with Crippen LogP contribution in [0.5, 0.6) is 0 Å². The molecule has 1 fully saturated rings. The quantitative estimate of drug-likeness (QED) is 0.432. The number of alkyl carbamates (subject to hydrolysis) is 1. The number of amides is 1. The Labute approximate surface area is 115 Å². The van der Waals surface area contributed by atoms with Crippen LogP contribution in [0, 0.1) is 11.8 Å². The average molecular weight is 275 g/mol. The van der Waals surface area contributed by atoms with Gasteiger partial charge in [-0.3, -0.25) is 0 Å². The van der Waals surface area contributed by atoms with E-state index in [9.17, 15) is 4.79 Å². The van der Waals surface area contributed by atoms with Crippen LogP contribution in [-0.2, 0) is 4.74 Å². The minimum Gasteiger partial charge on any atom is -1.00 e. The molecule has 0 spiro atoms. The van der Waals surface area contributed by atoms with Gasteiger partial charge >= 0.3 is 6.09 Å². The van der Waals surface area contributed by atoms with E-state index in [0.717, 1.165) is 19.5 Å². The van der Waals surface area contributed by atoms with Gasteiger partial charge < -0.3 is 27.4 Å². The number of halogens is 1. The van der Waals surface area contributed by atoms with Crippen LogP contribution in [-0.4, -0.2) is 32.0 Å². The second-order valence-corrected chi connectivity index (χ2v) is 5.06. The van der Waals surface area contributed by atoms with Crippen LogP contribution < -0.4 is 22.6 Å². The molecule has 104 valence electrons. The number of allylic oxidation sites excluding steroid dienone is 1. The Bertz CT molecular complexity index is 305.